The molecule has 0 saturated heterocycles. The molecule has 4 heteroatoms. The SMILES string of the molecule is Cc1ccc(Oc2cncc(Cl)n2)c(C(C)(C)C)c1. The Morgan fingerprint density at radius 2 is 1.89 bits per heavy atom. The highest BCUT2D eigenvalue weighted by Crippen LogP contribution is 2.34. The summed E-state index contributed by atoms with van der Waals surface area (Å²) >= 11 is 5.81. The van der Waals surface area contributed by atoms with Gasteiger partial charge in [-0.25, -0.2) is 0 Å². The van der Waals surface area contributed by atoms with Crippen LogP contribution in [0.1, 0.15) is 31.9 Å². The van der Waals surface area contributed by atoms with Crippen LogP contribution in [0.15, 0.2) is 30.6 Å². The maximum absolute atomic E-state index is 5.81. The molecule has 0 N–H and O–H groups in total. The Kier molecular flexibility index (Phi) is 3.76. The van der Waals surface area contributed by atoms with Gasteiger partial charge in [0.1, 0.15) is 5.75 Å². The van der Waals surface area contributed by atoms with E-state index in [9.17, 15) is 0 Å². The van der Waals surface area contributed by atoms with E-state index in [0.29, 0.717) is 11.0 Å². The van der Waals surface area contributed by atoms with Gasteiger partial charge in [0.15, 0.2) is 5.15 Å². The van der Waals surface area contributed by atoms with Crippen LogP contribution in [-0.4, -0.2) is 9.97 Å². The minimum atomic E-state index is -0.00659. The standard InChI is InChI=1S/C15H17ClN2O/c1-10-5-6-12(11(7-10)15(2,3)4)19-14-9-17-8-13(16)18-14/h5-9H,1-4H3. The van der Waals surface area contributed by atoms with Crippen LogP contribution in [0.4, 0.5) is 0 Å². The molecule has 1 aromatic heterocycles. The number of nitrogens with zero attached hydrogens (tertiary/aromatic N) is 2. The van der Waals surface area contributed by atoms with Gasteiger partial charge in [-0.3, -0.25) is 4.98 Å². The van der Waals surface area contributed by atoms with Crippen molar-refractivity contribution in [2.45, 2.75) is 33.1 Å². The Balaban J connectivity index is 2.40. The van der Waals surface area contributed by atoms with E-state index in [-0.39, 0.29) is 5.41 Å². The third kappa shape index (κ3) is 3.44. The predicted molar refractivity (Wildman–Crippen MR) is 77.0 cm³/mol. The van der Waals surface area contributed by atoms with Gasteiger partial charge in [0.2, 0.25) is 5.88 Å². The summed E-state index contributed by atoms with van der Waals surface area (Å²) in [5, 5.41) is 0.321. The van der Waals surface area contributed by atoms with Crippen molar-refractivity contribution in [2.75, 3.05) is 0 Å². The number of hydrogen-bond donors (Lipinski definition) is 0. The van der Waals surface area contributed by atoms with Crippen molar-refractivity contribution in [3.63, 3.8) is 0 Å². The highest BCUT2D eigenvalue weighted by atomic mass is 35.5. The van der Waals surface area contributed by atoms with Crippen molar-refractivity contribution in [3.8, 4) is 11.6 Å². The highest BCUT2D eigenvalue weighted by molar-refractivity contribution is 6.29. The Labute approximate surface area is 118 Å². The number of halogens is 1. The molecule has 0 aliphatic carbocycles. The zero-order valence-corrected chi connectivity index (χ0v) is 12.3. The van der Waals surface area contributed by atoms with Gasteiger partial charge in [0.25, 0.3) is 0 Å². The van der Waals surface area contributed by atoms with Gasteiger partial charge in [0.05, 0.1) is 12.4 Å². The summed E-state index contributed by atoms with van der Waals surface area (Å²) in [6.45, 7) is 8.52. The monoisotopic (exact) mass is 276 g/mol. The zero-order valence-electron chi connectivity index (χ0n) is 11.6. The average molecular weight is 277 g/mol. The maximum atomic E-state index is 5.81. The van der Waals surface area contributed by atoms with E-state index in [1.165, 1.54) is 11.8 Å². The molecule has 0 amide bonds. The lowest BCUT2D eigenvalue weighted by Crippen LogP contribution is -2.13. The number of aryl methyl sites for hydroxylation is 1. The minimum Gasteiger partial charge on any atom is -0.437 e. The second-order valence-corrected chi connectivity index (χ2v) is 5.92. The molecule has 0 aliphatic rings. The summed E-state index contributed by atoms with van der Waals surface area (Å²) in [5.74, 6) is 1.19. The topological polar surface area (TPSA) is 35.0 Å². The fourth-order valence-electron chi connectivity index (χ4n) is 1.81. The van der Waals surface area contributed by atoms with Gasteiger partial charge < -0.3 is 4.74 Å². The first-order valence-electron chi connectivity index (χ1n) is 6.13. The number of benzene rings is 1. The van der Waals surface area contributed by atoms with Crippen LogP contribution in [0.2, 0.25) is 5.15 Å². The highest BCUT2D eigenvalue weighted by Gasteiger charge is 2.19. The predicted octanol–water partition coefficient (Wildman–Crippen LogP) is 4.53. The molecule has 0 bridgehead atoms. The van der Waals surface area contributed by atoms with Gasteiger partial charge in [-0.1, -0.05) is 50.1 Å². The van der Waals surface area contributed by atoms with Crippen LogP contribution < -0.4 is 4.74 Å². The van der Waals surface area contributed by atoms with Crippen LogP contribution in [0.25, 0.3) is 0 Å². The van der Waals surface area contributed by atoms with E-state index >= 15 is 0 Å². The fourth-order valence-corrected chi connectivity index (χ4v) is 1.95. The van der Waals surface area contributed by atoms with Gasteiger partial charge >= 0.3 is 0 Å². The molecular weight excluding hydrogens is 260 g/mol. The van der Waals surface area contributed by atoms with E-state index in [0.717, 1.165) is 11.3 Å². The lowest BCUT2D eigenvalue weighted by Gasteiger charge is -2.23. The van der Waals surface area contributed by atoms with Crippen LogP contribution in [0.5, 0.6) is 11.6 Å². The number of ether oxygens (including phenoxy) is 1. The Hall–Kier alpha value is -1.61. The largest absolute Gasteiger partial charge is 0.437 e. The number of aromatic nitrogens is 2. The Bertz CT molecular complexity index is 591. The van der Waals surface area contributed by atoms with Crippen LogP contribution in [0.3, 0.4) is 0 Å². The summed E-state index contributed by atoms with van der Waals surface area (Å²) in [6.07, 6.45) is 3.03. The van der Waals surface area contributed by atoms with E-state index in [4.69, 9.17) is 16.3 Å². The van der Waals surface area contributed by atoms with Crippen molar-refractivity contribution in [1.29, 1.82) is 0 Å². The molecule has 0 saturated carbocycles. The van der Waals surface area contributed by atoms with E-state index in [1.54, 1.807) is 6.20 Å². The second-order valence-electron chi connectivity index (χ2n) is 5.53. The van der Waals surface area contributed by atoms with Crippen LogP contribution >= 0.6 is 11.6 Å². The molecular formula is C15H17ClN2O. The molecule has 3 nitrogen and oxygen atoms in total. The first kappa shape index (κ1) is 13.8. The maximum Gasteiger partial charge on any atom is 0.239 e. The van der Waals surface area contributed by atoms with E-state index in [2.05, 4.69) is 43.7 Å². The minimum absolute atomic E-state index is 0.00659. The zero-order chi connectivity index (χ0) is 14.0. The second kappa shape index (κ2) is 5.17. The van der Waals surface area contributed by atoms with E-state index in [1.807, 2.05) is 12.1 Å². The van der Waals surface area contributed by atoms with Gasteiger partial charge in [-0.05, 0) is 18.4 Å². The summed E-state index contributed by atoms with van der Waals surface area (Å²) in [6, 6.07) is 6.11. The molecule has 0 atom stereocenters. The normalized spacial score (nSPS) is 11.4. The summed E-state index contributed by atoms with van der Waals surface area (Å²) in [4.78, 5) is 8.07. The third-order valence-corrected chi connectivity index (χ3v) is 2.92. The molecule has 0 aliphatic heterocycles. The lowest BCUT2D eigenvalue weighted by molar-refractivity contribution is 0.437. The van der Waals surface area contributed by atoms with Crippen molar-refractivity contribution >= 4 is 11.6 Å². The van der Waals surface area contributed by atoms with Crippen molar-refractivity contribution in [2.24, 2.45) is 0 Å². The van der Waals surface area contributed by atoms with Crippen molar-refractivity contribution in [3.05, 3.63) is 46.9 Å². The molecule has 19 heavy (non-hydrogen) atoms. The summed E-state index contributed by atoms with van der Waals surface area (Å²) < 4.78 is 5.81. The van der Waals surface area contributed by atoms with Crippen LogP contribution in [-0.2, 0) is 5.41 Å². The molecule has 2 aromatic rings. The fraction of sp³-hybridized carbons (Fsp3) is 0.333. The molecule has 0 spiro atoms. The molecule has 1 heterocycles. The molecule has 0 radical (unpaired) electrons. The first-order chi connectivity index (χ1) is 8.86. The molecule has 1 aromatic carbocycles. The summed E-state index contributed by atoms with van der Waals surface area (Å²) in [7, 11) is 0. The smallest absolute Gasteiger partial charge is 0.239 e. The third-order valence-electron chi connectivity index (χ3n) is 2.74. The first-order valence-corrected chi connectivity index (χ1v) is 6.50. The van der Waals surface area contributed by atoms with Gasteiger partial charge in [-0.2, -0.15) is 4.98 Å². The molecule has 0 unspecified atom stereocenters. The molecule has 0 fully saturated rings. The van der Waals surface area contributed by atoms with Gasteiger partial charge in [-0.15, -0.1) is 0 Å². The molecule has 100 valence electrons. The summed E-state index contributed by atoms with van der Waals surface area (Å²) in [5.41, 5.74) is 2.33. The van der Waals surface area contributed by atoms with Gasteiger partial charge in [0, 0.05) is 5.56 Å². The van der Waals surface area contributed by atoms with Crippen molar-refractivity contribution < 1.29 is 4.74 Å². The lowest BCUT2D eigenvalue weighted by atomic mass is 9.85. The van der Waals surface area contributed by atoms with E-state index < -0.39 is 0 Å². The van der Waals surface area contributed by atoms with Crippen LogP contribution in [0, 0.1) is 6.92 Å². The molecule has 2 rings (SSSR count). The average Bonchev–Trinajstić information content (AvgIpc) is 2.30. The van der Waals surface area contributed by atoms with Crippen molar-refractivity contribution in [1.82, 2.24) is 9.97 Å². The quantitative estimate of drug-likeness (QED) is 0.808. The Morgan fingerprint density at radius 1 is 1.16 bits per heavy atom. The number of hydrogen-bond acceptors (Lipinski definition) is 3. The Morgan fingerprint density at radius 3 is 2.53 bits per heavy atom. The number of rotatable bonds is 2.